The fraction of sp³-hybridized carbons (Fsp3) is 0.538. The number of anilines is 1. The number of aromatic nitrogens is 1. The predicted octanol–water partition coefficient (Wildman–Crippen LogP) is -0.000200. The fourth-order valence-electron chi connectivity index (χ4n) is 1.74. The van der Waals surface area contributed by atoms with Crippen molar-refractivity contribution in [2.45, 2.75) is 6.54 Å². The molecule has 0 radical (unpaired) electrons. The Balaban J connectivity index is 2.57. The zero-order chi connectivity index (χ0) is 14.1. The summed E-state index contributed by atoms with van der Waals surface area (Å²) in [6, 6.07) is 3.89. The van der Waals surface area contributed by atoms with Gasteiger partial charge in [-0.1, -0.05) is 6.07 Å². The summed E-state index contributed by atoms with van der Waals surface area (Å²) in [5.41, 5.74) is 1.07. The number of pyridine rings is 1. The smallest absolute Gasteiger partial charge is 0.239 e. The van der Waals surface area contributed by atoms with Gasteiger partial charge in [-0.05, 0) is 13.1 Å². The predicted molar refractivity (Wildman–Crippen MR) is 75.2 cm³/mol. The lowest BCUT2D eigenvalue weighted by molar-refractivity contribution is -0.119. The molecule has 0 unspecified atom stereocenters. The van der Waals surface area contributed by atoms with Crippen LogP contribution in [-0.2, 0) is 16.1 Å². The quantitative estimate of drug-likeness (QED) is 0.648. The minimum atomic E-state index is -0.0411. The van der Waals surface area contributed by atoms with Crippen molar-refractivity contribution in [2.75, 3.05) is 45.8 Å². The molecule has 0 fully saturated rings. The number of carbonyl (C=O) groups excluding carboxylic acids is 1. The Hall–Kier alpha value is -1.66. The van der Waals surface area contributed by atoms with E-state index in [1.54, 1.807) is 13.3 Å². The molecule has 1 heterocycles. The normalized spacial score (nSPS) is 10.3. The third-order valence-electron chi connectivity index (χ3n) is 2.61. The van der Waals surface area contributed by atoms with Gasteiger partial charge in [-0.15, -0.1) is 0 Å². The van der Waals surface area contributed by atoms with Crippen molar-refractivity contribution in [3.8, 4) is 0 Å². The van der Waals surface area contributed by atoms with Crippen molar-refractivity contribution in [3.05, 3.63) is 23.9 Å². The van der Waals surface area contributed by atoms with Crippen LogP contribution in [0, 0.1) is 0 Å². The number of likely N-dealkylation sites (N-methyl/N-ethyl adjacent to an activating group) is 1. The Bertz CT molecular complexity index is 398. The van der Waals surface area contributed by atoms with Crippen LogP contribution in [0.2, 0.25) is 0 Å². The second-order valence-electron chi connectivity index (χ2n) is 4.22. The average molecular weight is 266 g/mol. The Labute approximate surface area is 114 Å². The summed E-state index contributed by atoms with van der Waals surface area (Å²) in [7, 11) is 5.35. The van der Waals surface area contributed by atoms with E-state index in [0.717, 1.165) is 17.9 Å². The van der Waals surface area contributed by atoms with Crippen molar-refractivity contribution < 1.29 is 9.53 Å². The molecular weight excluding hydrogens is 244 g/mol. The van der Waals surface area contributed by atoms with E-state index in [1.807, 2.05) is 31.1 Å². The van der Waals surface area contributed by atoms with E-state index < -0.39 is 0 Å². The van der Waals surface area contributed by atoms with Gasteiger partial charge in [0.05, 0.1) is 13.2 Å². The van der Waals surface area contributed by atoms with E-state index in [4.69, 9.17) is 4.74 Å². The summed E-state index contributed by atoms with van der Waals surface area (Å²) in [5, 5.41) is 5.88. The molecule has 0 saturated carbocycles. The van der Waals surface area contributed by atoms with Gasteiger partial charge >= 0.3 is 0 Å². The summed E-state index contributed by atoms with van der Waals surface area (Å²) in [6.07, 6.45) is 1.73. The van der Waals surface area contributed by atoms with Crippen LogP contribution < -0.4 is 15.5 Å². The van der Waals surface area contributed by atoms with Gasteiger partial charge in [-0.25, -0.2) is 4.98 Å². The zero-order valence-corrected chi connectivity index (χ0v) is 11.8. The summed E-state index contributed by atoms with van der Waals surface area (Å²) in [5.74, 6) is 0.777. The highest BCUT2D eigenvalue weighted by Crippen LogP contribution is 2.14. The first-order valence-corrected chi connectivity index (χ1v) is 6.24. The fourth-order valence-corrected chi connectivity index (χ4v) is 1.74. The van der Waals surface area contributed by atoms with Crippen LogP contribution in [-0.4, -0.2) is 51.8 Å². The van der Waals surface area contributed by atoms with Crippen molar-refractivity contribution in [1.82, 2.24) is 15.6 Å². The Kier molecular flexibility index (Phi) is 6.84. The SMILES string of the molecule is CNCc1cccnc1N(C)CC(=O)NCCOC. The van der Waals surface area contributed by atoms with Crippen LogP contribution in [0.3, 0.4) is 0 Å². The minimum Gasteiger partial charge on any atom is -0.383 e. The molecule has 6 heteroatoms. The van der Waals surface area contributed by atoms with Crippen LogP contribution >= 0.6 is 0 Å². The molecular formula is C13H22N4O2. The Morgan fingerprint density at radius 2 is 2.32 bits per heavy atom. The molecule has 1 aromatic rings. The first-order chi connectivity index (χ1) is 9.19. The number of nitrogens with one attached hydrogen (secondary N) is 2. The molecule has 0 aliphatic rings. The van der Waals surface area contributed by atoms with E-state index in [-0.39, 0.29) is 12.5 Å². The number of amides is 1. The first-order valence-electron chi connectivity index (χ1n) is 6.24. The lowest BCUT2D eigenvalue weighted by Gasteiger charge is -2.20. The first kappa shape index (κ1) is 15.4. The maximum absolute atomic E-state index is 11.7. The van der Waals surface area contributed by atoms with Crippen molar-refractivity contribution >= 4 is 11.7 Å². The standard InChI is InChI=1S/C13H22N4O2/c1-14-9-11-5-4-6-16-13(11)17(2)10-12(18)15-7-8-19-3/h4-6,14H,7-10H2,1-3H3,(H,15,18). The summed E-state index contributed by atoms with van der Waals surface area (Å²) in [6.45, 7) is 2.04. The summed E-state index contributed by atoms with van der Waals surface area (Å²) >= 11 is 0. The lowest BCUT2D eigenvalue weighted by atomic mass is 10.2. The highest BCUT2D eigenvalue weighted by Gasteiger charge is 2.11. The maximum Gasteiger partial charge on any atom is 0.239 e. The number of nitrogens with zero attached hydrogens (tertiary/aromatic N) is 2. The largest absolute Gasteiger partial charge is 0.383 e. The molecule has 0 atom stereocenters. The molecule has 0 bridgehead atoms. The van der Waals surface area contributed by atoms with E-state index >= 15 is 0 Å². The minimum absolute atomic E-state index is 0.0411. The van der Waals surface area contributed by atoms with Crippen LogP contribution in [0.5, 0.6) is 0 Å². The second kappa shape index (κ2) is 8.44. The van der Waals surface area contributed by atoms with Crippen molar-refractivity contribution in [3.63, 3.8) is 0 Å². The molecule has 2 N–H and O–H groups in total. The zero-order valence-electron chi connectivity index (χ0n) is 11.8. The van der Waals surface area contributed by atoms with Crippen LogP contribution in [0.15, 0.2) is 18.3 Å². The van der Waals surface area contributed by atoms with Gasteiger partial charge < -0.3 is 20.3 Å². The number of ether oxygens (including phenoxy) is 1. The van der Waals surface area contributed by atoms with Gasteiger partial charge in [-0.2, -0.15) is 0 Å². The number of methoxy groups -OCH3 is 1. The van der Waals surface area contributed by atoms with Gasteiger partial charge in [0.1, 0.15) is 5.82 Å². The summed E-state index contributed by atoms with van der Waals surface area (Å²) < 4.78 is 4.88. The van der Waals surface area contributed by atoms with Crippen LogP contribution in [0.1, 0.15) is 5.56 Å². The Morgan fingerprint density at radius 3 is 3.00 bits per heavy atom. The average Bonchev–Trinajstić information content (AvgIpc) is 2.40. The molecule has 106 valence electrons. The third kappa shape index (κ3) is 5.23. The molecule has 0 aliphatic heterocycles. The Morgan fingerprint density at radius 1 is 1.53 bits per heavy atom. The third-order valence-corrected chi connectivity index (χ3v) is 2.61. The number of carbonyl (C=O) groups is 1. The summed E-state index contributed by atoms with van der Waals surface area (Å²) in [4.78, 5) is 17.9. The molecule has 0 spiro atoms. The van der Waals surface area contributed by atoms with Gasteiger partial charge in [0.25, 0.3) is 0 Å². The van der Waals surface area contributed by atoms with Crippen LogP contribution in [0.25, 0.3) is 0 Å². The van der Waals surface area contributed by atoms with Gasteiger partial charge in [0.15, 0.2) is 0 Å². The molecule has 0 aromatic carbocycles. The van der Waals surface area contributed by atoms with E-state index in [2.05, 4.69) is 15.6 Å². The highest BCUT2D eigenvalue weighted by molar-refractivity contribution is 5.81. The van der Waals surface area contributed by atoms with Crippen molar-refractivity contribution in [1.29, 1.82) is 0 Å². The molecule has 0 saturated heterocycles. The molecule has 1 amide bonds. The van der Waals surface area contributed by atoms with E-state index in [0.29, 0.717) is 13.2 Å². The second-order valence-corrected chi connectivity index (χ2v) is 4.22. The lowest BCUT2D eigenvalue weighted by Crippen LogP contribution is -2.37. The topological polar surface area (TPSA) is 66.5 Å². The maximum atomic E-state index is 11.7. The van der Waals surface area contributed by atoms with E-state index in [9.17, 15) is 4.79 Å². The van der Waals surface area contributed by atoms with Crippen LogP contribution in [0.4, 0.5) is 5.82 Å². The van der Waals surface area contributed by atoms with Gasteiger partial charge in [-0.3, -0.25) is 4.79 Å². The van der Waals surface area contributed by atoms with Crippen molar-refractivity contribution in [2.24, 2.45) is 0 Å². The number of rotatable bonds is 8. The monoisotopic (exact) mass is 266 g/mol. The number of hydrogen-bond donors (Lipinski definition) is 2. The van der Waals surface area contributed by atoms with Gasteiger partial charge in [0.2, 0.25) is 5.91 Å². The highest BCUT2D eigenvalue weighted by atomic mass is 16.5. The molecule has 6 nitrogen and oxygen atoms in total. The molecule has 19 heavy (non-hydrogen) atoms. The molecule has 0 aliphatic carbocycles. The molecule has 1 rings (SSSR count). The molecule has 1 aromatic heterocycles. The van der Waals surface area contributed by atoms with Gasteiger partial charge in [0, 0.05) is 39.0 Å². The number of hydrogen-bond acceptors (Lipinski definition) is 5. The van der Waals surface area contributed by atoms with E-state index in [1.165, 1.54) is 0 Å².